The number of methoxy groups -OCH3 is 1. The fraction of sp³-hybridized carbons (Fsp3) is 0.130. The van der Waals surface area contributed by atoms with E-state index in [1.54, 1.807) is 42.3 Å². The second-order valence-corrected chi connectivity index (χ2v) is 6.68. The molecule has 3 aromatic heterocycles. The Morgan fingerprint density at radius 3 is 2.48 bits per heavy atom. The molecule has 144 valence electrons. The first-order chi connectivity index (χ1) is 14.1. The zero-order valence-electron chi connectivity index (χ0n) is 16.5. The maximum Gasteiger partial charge on any atom is 0.266 e. The fourth-order valence-electron chi connectivity index (χ4n) is 3.34. The zero-order chi connectivity index (χ0) is 20.4. The average molecular weight is 384 g/mol. The van der Waals surface area contributed by atoms with Crippen molar-refractivity contribution in [3.05, 3.63) is 87.9 Å². The molecule has 0 amide bonds. The summed E-state index contributed by atoms with van der Waals surface area (Å²) in [6.45, 7) is 3.98. The lowest BCUT2D eigenvalue weighted by Crippen LogP contribution is -2.24. The van der Waals surface area contributed by atoms with Crippen molar-refractivity contribution in [2.75, 3.05) is 7.11 Å². The van der Waals surface area contributed by atoms with Gasteiger partial charge >= 0.3 is 0 Å². The van der Waals surface area contributed by atoms with Gasteiger partial charge in [-0.1, -0.05) is 24.3 Å². The number of pyridine rings is 2. The third kappa shape index (κ3) is 3.52. The normalized spacial score (nSPS) is 11.3. The predicted octanol–water partition coefficient (Wildman–Crippen LogP) is 3.97. The van der Waals surface area contributed by atoms with Crippen LogP contribution in [-0.4, -0.2) is 26.6 Å². The molecule has 29 heavy (non-hydrogen) atoms. The Bertz CT molecular complexity index is 1270. The number of fused-ring (bicyclic) bond motifs is 1. The van der Waals surface area contributed by atoms with E-state index in [0.29, 0.717) is 28.3 Å². The van der Waals surface area contributed by atoms with Gasteiger partial charge in [-0.15, -0.1) is 0 Å². The average Bonchev–Trinajstić information content (AvgIpc) is 2.74. The molecule has 0 N–H and O–H groups in total. The van der Waals surface area contributed by atoms with Crippen molar-refractivity contribution in [3.63, 3.8) is 0 Å². The lowest BCUT2D eigenvalue weighted by molar-refractivity contribution is 0.397. The summed E-state index contributed by atoms with van der Waals surface area (Å²) in [5.74, 6) is 1.03. The quantitative estimate of drug-likeness (QED) is 0.532. The van der Waals surface area contributed by atoms with Gasteiger partial charge < -0.3 is 4.74 Å². The lowest BCUT2D eigenvalue weighted by Gasteiger charge is -2.16. The molecule has 6 heteroatoms. The summed E-state index contributed by atoms with van der Waals surface area (Å²) in [5.41, 5.74) is 3.96. The van der Waals surface area contributed by atoms with Gasteiger partial charge in [0.25, 0.3) is 5.56 Å². The van der Waals surface area contributed by atoms with E-state index >= 15 is 0 Å². The van der Waals surface area contributed by atoms with E-state index < -0.39 is 0 Å². The molecule has 0 unspecified atom stereocenters. The summed E-state index contributed by atoms with van der Waals surface area (Å²) in [7, 11) is 1.58. The summed E-state index contributed by atoms with van der Waals surface area (Å²) in [4.78, 5) is 26.6. The topological polar surface area (TPSA) is 69.9 Å². The Balaban J connectivity index is 1.97. The molecule has 0 atom stereocenters. The Kier molecular flexibility index (Phi) is 4.91. The van der Waals surface area contributed by atoms with Gasteiger partial charge in [-0.3, -0.25) is 14.3 Å². The number of aromatic nitrogens is 4. The molecule has 6 nitrogen and oxygen atoms in total. The van der Waals surface area contributed by atoms with Crippen molar-refractivity contribution in [2.45, 2.75) is 13.8 Å². The zero-order valence-corrected chi connectivity index (χ0v) is 16.5. The number of hydrogen-bond acceptors (Lipinski definition) is 5. The molecular formula is C23H20N4O2. The predicted molar refractivity (Wildman–Crippen MR) is 114 cm³/mol. The molecule has 0 spiro atoms. The van der Waals surface area contributed by atoms with Crippen LogP contribution >= 0.6 is 0 Å². The SMILES string of the molecule is COc1cccc(/C=C/c2nc3cnccc3c(=O)n2-c2c(C)cccc2C)n1. The highest BCUT2D eigenvalue weighted by atomic mass is 16.5. The van der Waals surface area contributed by atoms with Crippen LogP contribution in [0.25, 0.3) is 28.7 Å². The van der Waals surface area contributed by atoms with Gasteiger partial charge in [0, 0.05) is 12.3 Å². The van der Waals surface area contributed by atoms with Crippen LogP contribution in [0.4, 0.5) is 0 Å². The van der Waals surface area contributed by atoms with Crippen molar-refractivity contribution in [2.24, 2.45) is 0 Å². The maximum atomic E-state index is 13.4. The van der Waals surface area contributed by atoms with E-state index in [0.717, 1.165) is 16.8 Å². The van der Waals surface area contributed by atoms with E-state index in [2.05, 4.69) is 9.97 Å². The molecule has 0 radical (unpaired) electrons. The van der Waals surface area contributed by atoms with Crippen LogP contribution in [0.5, 0.6) is 5.88 Å². The van der Waals surface area contributed by atoms with Crippen LogP contribution in [0.15, 0.2) is 59.7 Å². The number of nitrogens with zero attached hydrogens (tertiary/aromatic N) is 4. The van der Waals surface area contributed by atoms with Crippen molar-refractivity contribution in [3.8, 4) is 11.6 Å². The van der Waals surface area contributed by atoms with Gasteiger partial charge in [-0.25, -0.2) is 9.97 Å². The third-order valence-electron chi connectivity index (χ3n) is 4.72. The van der Waals surface area contributed by atoms with Crippen molar-refractivity contribution in [1.29, 1.82) is 0 Å². The maximum absolute atomic E-state index is 13.4. The molecule has 4 rings (SSSR count). The van der Waals surface area contributed by atoms with Crippen LogP contribution in [0, 0.1) is 13.8 Å². The number of aryl methyl sites for hydroxylation is 2. The van der Waals surface area contributed by atoms with Crippen LogP contribution < -0.4 is 10.3 Å². The number of rotatable bonds is 4. The number of hydrogen-bond donors (Lipinski definition) is 0. The van der Waals surface area contributed by atoms with E-state index in [1.807, 2.05) is 50.3 Å². The highest BCUT2D eigenvalue weighted by Crippen LogP contribution is 2.21. The van der Waals surface area contributed by atoms with E-state index in [1.165, 1.54) is 0 Å². The first kappa shape index (κ1) is 18.6. The second-order valence-electron chi connectivity index (χ2n) is 6.68. The Hall–Kier alpha value is -3.80. The van der Waals surface area contributed by atoms with E-state index in [-0.39, 0.29) is 5.56 Å². The molecule has 1 aromatic carbocycles. The van der Waals surface area contributed by atoms with Gasteiger partial charge in [-0.05, 0) is 49.3 Å². The van der Waals surface area contributed by atoms with Gasteiger partial charge in [-0.2, -0.15) is 0 Å². The molecule has 3 heterocycles. The first-order valence-electron chi connectivity index (χ1n) is 9.21. The Labute approximate surface area is 168 Å². The summed E-state index contributed by atoms with van der Waals surface area (Å²) in [6, 6.07) is 13.2. The fourth-order valence-corrected chi connectivity index (χ4v) is 3.34. The molecule has 0 fully saturated rings. The van der Waals surface area contributed by atoms with Crippen LogP contribution in [-0.2, 0) is 0 Å². The first-order valence-corrected chi connectivity index (χ1v) is 9.21. The summed E-state index contributed by atoms with van der Waals surface area (Å²) in [6.07, 6.45) is 6.82. The molecular weight excluding hydrogens is 364 g/mol. The van der Waals surface area contributed by atoms with Crippen molar-refractivity contribution >= 4 is 23.1 Å². The number of ether oxygens (including phenoxy) is 1. The summed E-state index contributed by atoms with van der Waals surface area (Å²) >= 11 is 0. The Morgan fingerprint density at radius 1 is 0.966 bits per heavy atom. The molecule has 0 saturated carbocycles. The molecule has 0 aliphatic rings. The molecule has 0 saturated heterocycles. The molecule has 0 aliphatic carbocycles. The smallest absolute Gasteiger partial charge is 0.266 e. The largest absolute Gasteiger partial charge is 0.481 e. The van der Waals surface area contributed by atoms with Crippen LogP contribution in [0.3, 0.4) is 0 Å². The number of benzene rings is 1. The highest BCUT2D eigenvalue weighted by molar-refractivity contribution is 5.79. The van der Waals surface area contributed by atoms with Gasteiger partial charge in [0.2, 0.25) is 5.88 Å². The van der Waals surface area contributed by atoms with Gasteiger partial charge in [0.05, 0.1) is 35.6 Å². The standard InChI is InChI=1S/C23H20N4O2/c1-15-6-4-7-16(2)22(15)27-20(11-10-17-8-5-9-21(25-17)29-3)26-19-14-24-13-12-18(19)23(27)28/h4-14H,1-3H3/b11-10+. The summed E-state index contributed by atoms with van der Waals surface area (Å²) in [5, 5.41) is 0.527. The van der Waals surface area contributed by atoms with Crippen LogP contribution in [0.1, 0.15) is 22.6 Å². The number of para-hydroxylation sites is 1. The lowest BCUT2D eigenvalue weighted by atomic mass is 10.1. The third-order valence-corrected chi connectivity index (χ3v) is 4.72. The highest BCUT2D eigenvalue weighted by Gasteiger charge is 2.14. The second kappa shape index (κ2) is 7.67. The van der Waals surface area contributed by atoms with E-state index in [9.17, 15) is 4.79 Å². The molecule has 4 aromatic rings. The summed E-state index contributed by atoms with van der Waals surface area (Å²) < 4.78 is 6.84. The van der Waals surface area contributed by atoms with Gasteiger partial charge in [0.1, 0.15) is 5.82 Å². The minimum Gasteiger partial charge on any atom is -0.481 e. The molecule has 0 aliphatic heterocycles. The minimum absolute atomic E-state index is 0.131. The van der Waals surface area contributed by atoms with Crippen LogP contribution in [0.2, 0.25) is 0 Å². The Morgan fingerprint density at radius 2 is 1.72 bits per heavy atom. The molecule has 0 bridgehead atoms. The van der Waals surface area contributed by atoms with Crippen molar-refractivity contribution in [1.82, 2.24) is 19.5 Å². The van der Waals surface area contributed by atoms with Gasteiger partial charge in [0.15, 0.2) is 0 Å². The monoisotopic (exact) mass is 384 g/mol. The van der Waals surface area contributed by atoms with Crippen molar-refractivity contribution < 1.29 is 4.74 Å². The minimum atomic E-state index is -0.131. The van der Waals surface area contributed by atoms with E-state index in [4.69, 9.17) is 9.72 Å².